The van der Waals surface area contributed by atoms with E-state index in [9.17, 15) is 0 Å². The molecule has 6 heteroatoms. The van der Waals surface area contributed by atoms with E-state index in [1.807, 2.05) is 37.3 Å². The average molecular weight is 361 g/mol. The highest BCUT2D eigenvalue weighted by Crippen LogP contribution is 2.37. The largest absolute Gasteiger partial charge is 0.367 e. The van der Waals surface area contributed by atoms with Crippen molar-refractivity contribution in [3.8, 4) is 21.8 Å². The smallest absolute Gasteiger partial charge is 0.162 e. The van der Waals surface area contributed by atoms with Gasteiger partial charge in [-0.1, -0.05) is 30.3 Å². The van der Waals surface area contributed by atoms with Crippen LogP contribution in [0.25, 0.3) is 32.0 Å². The molecule has 3 aromatic heterocycles. The van der Waals surface area contributed by atoms with Crippen LogP contribution in [0.4, 0.5) is 5.82 Å². The minimum atomic E-state index is 0.0398. The number of hydrogen-bond acceptors (Lipinski definition) is 6. The van der Waals surface area contributed by atoms with Gasteiger partial charge in [-0.15, -0.1) is 11.3 Å². The van der Waals surface area contributed by atoms with Gasteiger partial charge in [0.2, 0.25) is 0 Å². The standard InChI is InChI=1S/C20H19N5S/c1-13(21)12-23-20-18-16(11-17(26-18)14-5-3-2-4-6-14)24-19(25-20)15-7-9-22-10-8-15/h2-11,13H,12,21H2,1H3,(H,23,24,25)/t13-/m1/s1. The van der Waals surface area contributed by atoms with Crippen molar-refractivity contribution in [1.29, 1.82) is 0 Å². The molecule has 26 heavy (non-hydrogen) atoms. The fourth-order valence-corrected chi connectivity index (χ4v) is 3.75. The maximum absolute atomic E-state index is 5.92. The molecule has 130 valence electrons. The van der Waals surface area contributed by atoms with Crippen LogP contribution in [-0.4, -0.2) is 27.5 Å². The lowest BCUT2D eigenvalue weighted by atomic mass is 10.2. The zero-order valence-corrected chi connectivity index (χ0v) is 15.2. The SMILES string of the molecule is C[C@@H](N)CNc1nc(-c2ccncc2)nc2cc(-c3ccccc3)sc12. The summed E-state index contributed by atoms with van der Waals surface area (Å²) in [7, 11) is 0. The minimum absolute atomic E-state index is 0.0398. The molecule has 0 bridgehead atoms. The molecule has 0 aliphatic heterocycles. The Labute approximate surface area is 156 Å². The maximum atomic E-state index is 5.92. The summed E-state index contributed by atoms with van der Waals surface area (Å²) in [5, 5.41) is 3.38. The second-order valence-electron chi connectivity index (χ2n) is 6.18. The molecule has 5 nitrogen and oxygen atoms in total. The molecule has 4 rings (SSSR count). The first kappa shape index (κ1) is 16.6. The van der Waals surface area contributed by atoms with Gasteiger partial charge in [0, 0.05) is 35.4 Å². The maximum Gasteiger partial charge on any atom is 0.162 e. The van der Waals surface area contributed by atoms with E-state index in [1.165, 1.54) is 10.4 Å². The van der Waals surface area contributed by atoms with Gasteiger partial charge in [-0.05, 0) is 30.7 Å². The number of nitrogens with two attached hydrogens (primary N) is 1. The van der Waals surface area contributed by atoms with Gasteiger partial charge >= 0.3 is 0 Å². The lowest BCUT2D eigenvalue weighted by Crippen LogP contribution is -2.25. The molecule has 0 unspecified atom stereocenters. The molecule has 0 amide bonds. The molecular weight excluding hydrogens is 342 g/mol. The van der Waals surface area contributed by atoms with E-state index in [4.69, 9.17) is 15.7 Å². The van der Waals surface area contributed by atoms with E-state index in [-0.39, 0.29) is 6.04 Å². The van der Waals surface area contributed by atoms with Gasteiger partial charge in [-0.2, -0.15) is 0 Å². The Morgan fingerprint density at radius 1 is 1.04 bits per heavy atom. The van der Waals surface area contributed by atoms with Crippen LogP contribution < -0.4 is 11.1 Å². The number of anilines is 1. The molecule has 4 aromatic rings. The Morgan fingerprint density at radius 2 is 1.81 bits per heavy atom. The molecule has 3 N–H and O–H groups in total. The number of aromatic nitrogens is 3. The predicted molar refractivity (Wildman–Crippen MR) is 108 cm³/mol. The lowest BCUT2D eigenvalue weighted by Gasteiger charge is -2.10. The van der Waals surface area contributed by atoms with Crippen molar-refractivity contribution < 1.29 is 0 Å². The third kappa shape index (κ3) is 3.42. The van der Waals surface area contributed by atoms with Crippen molar-refractivity contribution in [3.05, 3.63) is 60.9 Å². The van der Waals surface area contributed by atoms with Crippen LogP contribution >= 0.6 is 11.3 Å². The van der Waals surface area contributed by atoms with Gasteiger partial charge in [0.1, 0.15) is 5.82 Å². The molecule has 0 aliphatic rings. The molecule has 1 atom stereocenters. The highest BCUT2D eigenvalue weighted by molar-refractivity contribution is 7.22. The number of pyridine rings is 1. The van der Waals surface area contributed by atoms with Gasteiger partial charge in [0.25, 0.3) is 0 Å². The average Bonchev–Trinajstić information content (AvgIpc) is 3.12. The summed E-state index contributed by atoms with van der Waals surface area (Å²) in [6.07, 6.45) is 3.50. The van der Waals surface area contributed by atoms with Crippen molar-refractivity contribution in [2.24, 2.45) is 5.73 Å². The van der Waals surface area contributed by atoms with Crippen molar-refractivity contribution in [2.45, 2.75) is 13.0 Å². The van der Waals surface area contributed by atoms with Gasteiger partial charge in [-0.3, -0.25) is 4.98 Å². The first-order chi connectivity index (χ1) is 12.7. The van der Waals surface area contributed by atoms with E-state index in [0.29, 0.717) is 12.4 Å². The van der Waals surface area contributed by atoms with Gasteiger partial charge < -0.3 is 11.1 Å². The fourth-order valence-electron chi connectivity index (χ4n) is 2.68. The second-order valence-corrected chi connectivity index (χ2v) is 7.23. The number of rotatable bonds is 5. The van der Waals surface area contributed by atoms with Crippen LogP contribution in [0.2, 0.25) is 0 Å². The third-order valence-corrected chi connectivity index (χ3v) is 5.14. The zero-order valence-electron chi connectivity index (χ0n) is 14.4. The summed E-state index contributed by atoms with van der Waals surface area (Å²) in [6, 6.07) is 16.3. The number of fused-ring (bicyclic) bond motifs is 1. The quantitative estimate of drug-likeness (QED) is 0.558. The summed E-state index contributed by atoms with van der Waals surface area (Å²) in [5.74, 6) is 1.51. The first-order valence-corrected chi connectivity index (χ1v) is 9.29. The number of thiophene rings is 1. The van der Waals surface area contributed by atoms with Crippen LogP contribution in [0, 0.1) is 0 Å². The van der Waals surface area contributed by atoms with Gasteiger partial charge in [-0.25, -0.2) is 9.97 Å². The summed E-state index contributed by atoms with van der Waals surface area (Å²) >= 11 is 1.69. The first-order valence-electron chi connectivity index (χ1n) is 8.47. The summed E-state index contributed by atoms with van der Waals surface area (Å²) in [4.78, 5) is 14.8. The molecule has 3 heterocycles. The molecule has 0 radical (unpaired) electrons. The number of nitrogens with one attached hydrogen (secondary N) is 1. The van der Waals surface area contributed by atoms with Crippen molar-refractivity contribution >= 4 is 27.4 Å². The van der Waals surface area contributed by atoms with E-state index in [2.05, 4.69) is 28.5 Å². The molecular formula is C20H19N5S. The third-order valence-electron chi connectivity index (χ3n) is 3.96. The second kappa shape index (κ2) is 7.19. The topological polar surface area (TPSA) is 76.7 Å². The highest BCUT2D eigenvalue weighted by Gasteiger charge is 2.14. The lowest BCUT2D eigenvalue weighted by molar-refractivity contribution is 0.778. The summed E-state index contributed by atoms with van der Waals surface area (Å²) in [6.45, 7) is 2.62. The van der Waals surface area contributed by atoms with Crippen LogP contribution in [-0.2, 0) is 0 Å². The Hall–Kier alpha value is -2.83. The molecule has 0 fully saturated rings. The van der Waals surface area contributed by atoms with Crippen molar-refractivity contribution in [2.75, 3.05) is 11.9 Å². The molecule has 1 aromatic carbocycles. The van der Waals surface area contributed by atoms with Gasteiger partial charge in [0.15, 0.2) is 5.82 Å². The van der Waals surface area contributed by atoms with E-state index < -0.39 is 0 Å². The van der Waals surface area contributed by atoms with E-state index >= 15 is 0 Å². The Balaban J connectivity index is 1.85. The molecule has 0 spiro atoms. The highest BCUT2D eigenvalue weighted by atomic mass is 32.1. The van der Waals surface area contributed by atoms with Crippen molar-refractivity contribution in [1.82, 2.24) is 15.0 Å². The fraction of sp³-hybridized carbons (Fsp3) is 0.150. The predicted octanol–water partition coefficient (Wildman–Crippen LogP) is 4.18. The van der Waals surface area contributed by atoms with Crippen LogP contribution in [0.5, 0.6) is 0 Å². The molecule has 0 aliphatic carbocycles. The molecule has 0 saturated carbocycles. The Morgan fingerprint density at radius 3 is 2.54 bits per heavy atom. The van der Waals surface area contributed by atoms with Crippen molar-refractivity contribution in [3.63, 3.8) is 0 Å². The van der Waals surface area contributed by atoms with E-state index in [0.717, 1.165) is 21.6 Å². The summed E-state index contributed by atoms with van der Waals surface area (Å²) in [5.41, 5.74) is 8.97. The van der Waals surface area contributed by atoms with E-state index in [1.54, 1.807) is 23.7 Å². The number of nitrogens with zero attached hydrogens (tertiary/aromatic N) is 3. The monoisotopic (exact) mass is 361 g/mol. The summed E-state index contributed by atoms with van der Waals surface area (Å²) < 4.78 is 1.04. The van der Waals surface area contributed by atoms with Crippen LogP contribution in [0.3, 0.4) is 0 Å². The minimum Gasteiger partial charge on any atom is -0.367 e. The van der Waals surface area contributed by atoms with Gasteiger partial charge in [0.05, 0.1) is 10.2 Å². The van der Waals surface area contributed by atoms with Crippen LogP contribution in [0.1, 0.15) is 6.92 Å². The number of benzene rings is 1. The van der Waals surface area contributed by atoms with Crippen LogP contribution in [0.15, 0.2) is 60.9 Å². The normalized spacial score (nSPS) is 12.2. The Bertz CT molecular complexity index is 1010. The number of hydrogen-bond donors (Lipinski definition) is 2. The molecule has 0 saturated heterocycles. The zero-order chi connectivity index (χ0) is 17.9. The Kier molecular flexibility index (Phi) is 4.60.